The number of alkyl halides is 2. The van der Waals surface area contributed by atoms with Gasteiger partial charge < -0.3 is 11.5 Å². The molecule has 12 heavy (non-hydrogen) atoms. The molecule has 66 valence electrons. The Labute approximate surface area is 65.9 Å². The Hall–Kier alpha value is -1.66. The topological polar surface area (TPSA) is 86.9 Å². The number of primary amides is 1. The summed E-state index contributed by atoms with van der Waals surface area (Å²) in [6, 6.07) is 0. The smallest absolute Gasteiger partial charge is 0.333 e. The Balaban J connectivity index is 3.09. The van der Waals surface area contributed by atoms with Crippen LogP contribution in [0.2, 0.25) is 0 Å². The number of nitrogen functional groups attached to an aromatic ring is 1. The molecule has 0 aliphatic rings. The first-order chi connectivity index (χ1) is 5.52. The van der Waals surface area contributed by atoms with Gasteiger partial charge in [-0.05, 0) is 0 Å². The first-order valence-electron chi connectivity index (χ1n) is 2.95. The lowest BCUT2D eigenvalue weighted by Gasteiger charge is -1.94. The predicted octanol–water partition coefficient (Wildman–Crippen LogP) is -0.0407. The van der Waals surface area contributed by atoms with Crippen LogP contribution in [0.25, 0.3) is 0 Å². The van der Waals surface area contributed by atoms with E-state index in [9.17, 15) is 13.6 Å². The number of aromatic nitrogens is 2. The van der Waals surface area contributed by atoms with E-state index in [2.05, 4.69) is 5.10 Å². The van der Waals surface area contributed by atoms with Crippen LogP contribution in [0.5, 0.6) is 0 Å². The minimum absolute atomic E-state index is 0.150. The number of nitrogens with zero attached hydrogens (tertiary/aromatic N) is 2. The summed E-state index contributed by atoms with van der Waals surface area (Å²) in [5.41, 5.74) is 9.46. The maximum absolute atomic E-state index is 11.9. The van der Waals surface area contributed by atoms with Crippen molar-refractivity contribution in [1.29, 1.82) is 0 Å². The van der Waals surface area contributed by atoms with Gasteiger partial charge in [-0.15, -0.1) is 0 Å². The summed E-state index contributed by atoms with van der Waals surface area (Å²) in [5, 5.41) is 3.18. The Morgan fingerprint density at radius 2 is 2.25 bits per heavy atom. The van der Waals surface area contributed by atoms with Crippen molar-refractivity contribution in [3.8, 4) is 0 Å². The zero-order chi connectivity index (χ0) is 9.30. The van der Waals surface area contributed by atoms with Gasteiger partial charge in [0.1, 0.15) is 0 Å². The average Bonchev–Trinajstić information content (AvgIpc) is 2.30. The van der Waals surface area contributed by atoms with Gasteiger partial charge in [0.05, 0.1) is 11.9 Å². The van der Waals surface area contributed by atoms with Gasteiger partial charge in [-0.1, -0.05) is 0 Å². The van der Waals surface area contributed by atoms with Crippen LogP contribution < -0.4 is 11.5 Å². The SMILES string of the molecule is NC(=O)c1nn(C(F)F)cc1N. The molecular formula is C5H6F2N4O. The monoisotopic (exact) mass is 176 g/mol. The normalized spacial score (nSPS) is 10.6. The average molecular weight is 176 g/mol. The number of carbonyl (C=O) groups excluding carboxylic acids is 1. The molecule has 0 aliphatic heterocycles. The molecule has 0 radical (unpaired) electrons. The quantitative estimate of drug-likeness (QED) is 0.662. The Morgan fingerprint density at radius 1 is 1.67 bits per heavy atom. The Morgan fingerprint density at radius 3 is 2.50 bits per heavy atom. The fraction of sp³-hybridized carbons (Fsp3) is 0.200. The van der Waals surface area contributed by atoms with Gasteiger partial charge in [-0.25, -0.2) is 4.68 Å². The molecule has 0 unspecified atom stereocenters. The van der Waals surface area contributed by atoms with E-state index in [-0.39, 0.29) is 16.1 Å². The summed E-state index contributed by atoms with van der Waals surface area (Å²) in [7, 11) is 0. The molecule has 1 heterocycles. The highest BCUT2D eigenvalue weighted by Crippen LogP contribution is 2.14. The van der Waals surface area contributed by atoms with Gasteiger partial charge in [-0.2, -0.15) is 13.9 Å². The van der Waals surface area contributed by atoms with Crippen LogP contribution in [0.3, 0.4) is 0 Å². The molecule has 0 saturated carbocycles. The molecule has 0 atom stereocenters. The molecule has 0 bridgehead atoms. The Kier molecular flexibility index (Phi) is 1.94. The number of hydrogen-bond donors (Lipinski definition) is 2. The predicted molar refractivity (Wildman–Crippen MR) is 36.4 cm³/mol. The van der Waals surface area contributed by atoms with E-state index in [1.54, 1.807) is 0 Å². The zero-order valence-corrected chi connectivity index (χ0v) is 5.87. The third-order valence-electron chi connectivity index (χ3n) is 1.19. The van der Waals surface area contributed by atoms with Crippen molar-refractivity contribution in [3.63, 3.8) is 0 Å². The van der Waals surface area contributed by atoms with Crippen molar-refractivity contribution >= 4 is 11.6 Å². The summed E-state index contributed by atoms with van der Waals surface area (Å²) in [6.07, 6.45) is 0.852. The molecule has 1 rings (SSSR count). The van der Waals surface area contributed by atoms with Gasteiger partial charge >= 0.3 is 6.55 Å². The van der Waals surface area contributed by atoms with Crippen LogP contribution in [0, 0.1) is 0 Å². The summed E-state index contributed by atoms with van der Waals surface area (Å²) >= 11 is 0. The van der Waals surface area contributed by atoms with Gasteiger partial charge in [0.15, 0.2) is 5.69 Å². The highest BCUT2D eigenvalue weighted by atomic mass is 19.3. The molecule has 1 aromatic rings. The van der Waals surface area contributed by atoms with Crippen LogP contribution in [-0.2, 0) is 0 Å². The standard InChI is InChI=1S/C5H6F2N4O/c6-5(7)11-1-2(8)3(10-11)4(9)12/h1,5H,8H2,(H2,9,12). The zero-order valence-electron chi connectivity index (χ0n) is 5.87. The molecule has 5 nitrogen and oxygen atoms in total. The minimum atomic E-state index is -2.82. The van der Waals surface area contributed by atoms with E-state index >= 15 is 0 Å². The summed E-state index contributed by atoms with van der Waals surface area (Å²) in [6.45, 7) is -2.82. The van der Waals surface area contributed by atoms with E-state index in [1.165, 1.54) is 0 Å². The lowest BCUT2D eigenvalue weighted by molar-refractivity contribution is 0.0561. The Bertz CT molecular complexity index is 308. The van der Waals surface area contributed by atoms with E-state index in [1.807, 2.05) is 0 Å². The number of hydrogen-bond acceptors (Lipinski definition) is 3. The molecule has 0 fully saturated rings. The number of nitrogens with two attached hydrogens (primary N) is 2. The van der Waals surface area contributed by atoms with Crippen LogP contribution in [0.15, 0.2) is 6.20 Å². The summed E-state index contributed by atoms with van der Waals surface area (Å²) in [5.74, 6) is -0.924. The molecule has 1 amide bonds. The first kappa shape index (κ1) is 8.44. The van der Waals surface area contributed by atoms with Gasteiger partial charge in [0.25, 0.3) is 5.91 Å². The van der Waals surface area contributed by atoms with Crippen molar-refractivity contribution in [3.05, 3.63) is 11.9 Å². The molecule has 4 N–H and O–H groups in total. The van der Waals surface area contributed by atoms with Crippen LogP contribution in [-0.4, -0.2) is 15.7 Å². The fourth-order valence-corrected chi connectivity index (χ4v) is 0.697. The van der Waals surface area contributed by atoms with Crippen molar-refractivity contribution in [1.82, 2.24) is 9.78 Å². The molecular weight excluding hydrogens is 170 g/mol. The number of carbonyl (C=O) groups is 1. The lowest BCUT2D eigenvalue weighted by Crippen LogP contribution is -2.14. The number of amides is 1. The molecule has 0 saturated heterocycles. The summed E-state index contributed by atoms with van der Waals surface area (Å²) in [4.78, 5) is 10.5. The summed E-state index contributed by atoms with van der Waals surface area (Å²) < 4.78 is 24.1. The molecule has 0 aromatic carbocycles. The van der Waals surface area contributed by atoms with Crippen molar-refractivity contribution in [2.75, 3.05) is 5.73 Å². The second-order valence-electron chi connectivity index (χ2n) is 2.05. The molecule has 0 aliphatic carbocycles. The highest BCUT2D eigenvalue weighted by Gasteiger charge is 2.15. The van der Waals surface area contributed by atoms with E-state index < -0.39 is 12.5 Å². The molecule has 1 aromatic heterocycles. The van der Waals surface area contributed by atoms with E-state index in [0.717, 1.165) is 6.20 Å². The number of rotatable bonds is 2. The van der Waals surface area contributed by atoms with Gasteiger partial charge in [-0.3, -0.25) is 4.79 Å². The second kappa shape index (κ2) is 2.76. The molecule has 0 spiro atoms. The largest absolute Gasteiger partial charge is 0.396 e. The second-order valence-corrected chi connectivity index (χ2v) is 2.05. The molecule has 7 heteroatoms. The van der Waals surface area contributed by atoms with Crippen molar-refractivity contribution < 1.29 is 13.6 Å². The highest BCUT2D eigenvalue weighted by molar-refractivity contribution is 5.95. The maximum atomic E-state index is 11.9. The number of anilines is 1. The maximum Gasteiger partial charge on any atom is 0.333 e. The third-order valence-corrected chi connectivity index (χ3v) is 1.19. The van der Waals surface area contributed by atoms with Crippen LogP contribution in [0.4, 0.5) is 14.5 Å². The lowest BCUT2D eigenvalue weighted by atomic mass is 10.4. The van der Waals surface area contributed by atoms with E-state index in [4.69, 9.17) is 11.5 Å². The van der Waals surface area contributed by atoms with Gasteiger partial charge in [0.2, 0.25) is 0 Å². The first-order valence-corrected chi connectivity index (χ1v) is 2.95. The van der Waals surface area contributed by atoms with Crippen LogP contribution in [0.1, 0.15) is 17.0 Å². The van der Waals surface area contributed by atoms with Crippen molar-refractivity contribution in [2.45, 2.75) is 6.55 Å². The third kappa shape index (κ3) is 1.34. The van der Waals surface area contributed by atoms with Crippen molar-refractivity contribution in [2.24, 2.45) is 5.73 Å². The minimum Gasteiger partial charge on any atom is -0.396 e. The van der Waals surface area contributed by atoms with Crippen LogP contribution >= 0.6 is 0 Å². The van der Waals surface area contributed by atoms with E-state index in [0.29, 0.717) is 0 Å². The van der Waals surface area contributed by atoms with Gasteiger partial charge in [0, 0.05) is 0 Å². The fourth-order valence-electron chi connectivity index (χ4n) is 0.697. The number of halogens is 2.